The number of hydrogen-bond acceptors (Lipinski definition) is 3. The molecule has 1 fully saturated rings. The van der Waals surface area contributed by atoms with Gasteiger partial charge in [0.05, 0.1) is 5.41 Å². The van der Waals surface area contributed by atoms with E-state index in [9.17, 15) is 14.3 Å². The number of carboxylic acid groups (broad SMARTS) is 1. The van der Waals surface area contributed by atoms with Crippen molar-refractivity contribution in [3.05, 3.63) is 65.7 Å². The summed E-state index contributed by atoms with van der Waals surface area (Å²) in [6.07, 6.45) is 5.10. The number of carbonyl (C=O) groups is 1. The molecule has 0 amide bonds. The Labute approximate surface area is 141 Å². The predicted octanol–water partition coefficient (Wildman–Crippen LogP) is 3.13. The van der Waals surface area contributed by atoms with Crippen molar-refractivity contribution in [1.82, 2.24) is 9.88 Å². The van der Waals surface area contributed by atoms with Crippen LogP contribution in [0.5, 0.6) is 0 Å². The lowest BCUT2D eigenvalue weighted by Gasteiger charge is -2.40. The third-order valence-electron chi connectivity index (χ3n) is 4.73. The summed E-state index contributed by atoms with van der Waals surface area (Å²) in [6, 6.07) is 10.3. The van der Waals surface area contributed by atoms with E-state index in [4.69, 9.17) is 0 Å². The number of likely N-dealkylation sites (tertiary alicyclic amines) is 1. The Morgan fingerprint density at radius 2 is 2.12 bits per heavy atom. The lowest BCUT2D eigenvalue weighted by Crippen LogP contribution is -2.48. The zero-order valence-electron chi connectivity index (χ0n) is 13.5. The van der Waals surface area contributed by atoms with Gasteiger partial charge in [0.15, 0.2) is 0 Å². The minimum Gasteiger partial charge on any atom is -0.481 e. The number of benzene rings is 1. The van der Waals surface area contributed by atoms with E-state index in [1.807, 2.05) is 12.1 Å². The molecule has 5 heteroatoms. The van der Waals surface area contributed by atoms with Gasteiger partial charge in [-0.15, -0.1) is 0 Å². The van der Waals surface area contributed by atoms with Crippen LogP contribution in [-0.2, 0) is 17.8 Å². The fraction of sp³-hybridized carbons (Fsp3) is 0.368. The number of rotatable bonds is 5. The van der Waals surface area contributed by atoms with Crippen LogP contribution < -0.4 is 0 Å². The van der Waals surface area contributed by atoms with Crippen LogP contribution in [0.1, 0.15) is 24.0 Å². The second-order valence-electron chi connectivity index (χ2n) is 6.53. The van der Waals surface area contributed by atoms with Crippen molar-refractivity contribution in [1.29, 1.82) is 0 Å². The van der Waals surface area contributed by atoms with E-state index in [2.05, 4.69) is 9.88 Å². The van der Waals surface area contributed by atoms with Crippen molar-refractivity contribution in [2.75, 3.05) is 13.1 Å². The van der Waals surface area contributed by atoms with E-state index in [1.54, 1.807) is 30.6 Å². The summed E-state index contributed by atoms with van der Waals surface area (Å²) < 4.78 is 14.0. The number of aromatic nitrogens is 1. The zero-order valence-corrected chi connectivity index (χ0v) is 13.5. The molecule has 0 bridgehead atoms. The fourth-order valence-corrected chi connectivity index (χ4v) is 3.51. The van der Waals surface area contributed by atoms with E-state index in [1.165, 1.54) is 6.07 Å². The maximum absolute atomic E-state index is 14.0. The highest BCUT2D eigenvalue weighted by Crippen LogP contribution is 2.35. The monoisotopic (exact) mass is 328 g/mol. The van der Waals surface area contributed by atoms with E-state index in [0.29, 0.717) is 25.1 Å². The zero-order chi connectivity index (χ0) is 17.0. The molecule has 0 radical (unpaired) electrons. The average molecular weight is 328 g/mol. The standard InChI is InChI=1S/C19H21FN2O2/c20-17-7-2-1-6-16(17)11-19(18(23)24)8-4-10-22(14-19)13-15-5-3-9-21-12-15/h1-3,5-7,9,12H,4,8,10-11,13-14H2,(H,23,24)/t19-/m0/s1. The molecule has 1 N–H and O–H groups in total. The Balaban J connectivity index is 1.79. The molecule has 3 rings (SSSR count). The molecule has 1 aromatic carbocycles. The van der Waals surface area contributed by atoms with Crippen molar-refractivity contribution in [2.45, 2.75) is 25.8 Å². The van der Waals surface area contributed by atoms with Gasteiger partial charge in [0.1, 0.15) is 5.82 Å². The second kappa shape index (κ2) is 7.09. The van der Waals surface area contributed by atoms with Crippen LogP contribution in [0.4, 0.5) is 4.39 Å². The third-order valence-corrected chi connectivity index (χ3v) is 4.73. The quantitative estimate of drug-likeness (QED) is 0.916. The van der Waals surface area contributed by atoms with Crippen LogP contribution in [0.15, 0.2) is 48.8 Å². The van der Waals surface area contributed by atoms with E-state index in [0.717, 1.165) is 18.5 Å². The molecule has 2 aromatic rings. The average Bonchev–Trinajstić information content (AvgIpc) is 2.58. The number of aliphatic carboxylic acids is 1. The van der Waals surface area contributed by atoms with E-state index >= 15 is 0 Å². The van der Waals surface area contributed by atoms with Crippen LogP contribution in [0.2, 0.25) is 0 Å². The molecule has 4 nitrogen and oxygen atoms in total. The number of nitrogens with zero attached hydrogens (tertiary/aromatic N) is 2. The summed E-state index contributed by atoms with van der Waals surface area (Å²) >= 11 is 0. The molecule has 1 saturated heterocycles. The molecule has 1 aliphatic rings. The summed E-state index contributed by atoms with van der Waals surface area (Å²) in [4.78, 5) is 18.3. The van der Waals surface area contributed by atoms with Crippen molar-refractivity contribution in [3.8, 4) is 0 Å². The minimum atomic E-state index is -0.942. The molecule has 0 spiro atoms. The summed E-state index contributed by atoms with van der Waals surface area (Å²) in [5.41, 5.74) is 0.593. The van der Waals surface area contributed by atoms with Crippen LogP contribution in [0.3, 0.4) is 0 Å². The maximum Gasteiger partial charge on any atom is 0.311 e. The lowest BCUT2D eigenvalue weighted by atomic mass is 9.75. The number of carboxylic acids is 1. The van der Waals surface area contributed by atoms with Gasteiger partial charge in [-0.2, -0.15) is 0 Å². The molecular weight excluding hydrogens is 307 g/mol. The number of pyridine rings is 1. The van der Waals surface area contributed by atoms with Gasteiger partial charge in [0.2, 0.25) is 0 Å². The first kappa shape index (κ1) is 16.6. The normalized spacial score (nSPS) is 21.5. The van der Waals surface area contributed by atoms with Gasteiger partial charge in [-0.3, -0.25) is 14.7 Å². The molecular formula is C19H21FN2O2. The third kappa shape index (κ3) is 3.62. The molecule has 1 atom stereocenters. The molecule has 1 aliphatic heterocycles. The highest BCUT2D eigenvalue weighted by Gasteiger charge is 2.42. The molecule has 0 aliphatic carbocycles. The lowest BCUT2D eigenvalue weighted by molar-refractivity contribution is -0.152. The van der Waals surface area contributed by atoms with Gasteiger partial charge in [0, 0.05) is 25.5 Å². The first-order chi connectivity index (χ1) is 11.6. The van der Waals surface area contributed by atoms with Crippen molar-refractivity contribution < 1.29 is 14.3 Å². The predicted molar refractivity (Wildman–Crippen MR) is 88.9 cm³/mol. The van der Waals surface area contributed by atoms with Gasteiger partial charge in [0.25, 0.3) is 0 Å². The number of halogens is 1. The summed E-state index contributed by atoms with van der Waals surface area (Å²) in [7, 11) is 0. The van der Waals surface area contributed by atoms with Crippen LogP contribution in [-0.4, -0.2) is 34.0 Å². The second-order valence-corrected chi connectivity index (χ2v) is 6.53. The number of hydrogen-bond donors (Lipinski definition) is 1. The first-order valence-electron chi connectivity index (χ1n) is 8.17. The van der Waals surface area contributed by atoms with E-state index in [-0.39, 0.29) is 12.2 Å². The Morgan fingerprint density at radius 1 is 1.29 bits per heavy atom. The molecule has 1 aromatic heterocycles. The summed E-state index contributed by atoms with van der Waals surface area (Å²) in [6.45, 7) is 1.94. The van der Waals surface area contributed by atoms with Crippen molar-refractivity contribution in [3.63, 3.8) is 0 Å². The van der Waals surface area contributed by atoms with Gasteiger partial charge >= 0.3 is 5.97 Å². The molecule has 126 valence electrons. The Bertz CT molecular complexity index is 708. The molecule has 0 saturated carbocycles. The fourth-order valence-electron chi connectivity index (χ4n) is 3.51. The van der Waals surface area contributed by atoms with Gasteiger partial charge in [-0.25, -0.2) is 4.39 Å². The smallest absolute Gasteiger partial charge is 0.311 e. The first-order valence-corrected chi connectivity index (χ1v) is 8.17. The Morgan fingerprint density at radius 3 is 2.83 bits per heavy atom. The topological polar surface area (TPSA) is 53.4 Å². The summed E-state index contributed by atoms with van der Waals surface area (Å²) in [5.74, 6) is -1.18. The van der Waals surface area contributed by atoms with Crippen LogP contribution in [0.25, 0.3) is 0 Å². The van der Waals surface area contributed by atoms with E-state index < -0.39 is 11.4 Å². The van der Waals surface area contributed by atoms with Crippen LogP contribution >= 0.6 is 0 Å². The summed E-state index contributed by atoms with van der Waals surface area (Å²) in [5, 5.41) is 9.86. The van der Waals surface area contributed by atoms with Crippen molar-refractivity contribution in [2.24, 2.45) is 5.41 Å². The SMILES string of the molecule is O=C(O)[C@]1(Cc2ccccc2F)CCCN(Cc2cccnc2)C1. The van der Waals surface area contributed by atoms with Crippen molar-refractivity contribution >= 4 is 5.97 Å². The van der Waals surface area contributed by atoms with Gasteiger partial charge in [-0.05, 0) is 49.1 Å². The highest BCUT2D eigenvalue weighted by atomic mass is 19.1. The largest absolute Gasteiger partial charge is 0.481 e. The molecule has 0 unspecified atom stereocenters. The molecule has 24 heavy (non-hydrogen) atoms. The van der Waals surface area contributed by atoms with Gasteiger partial charge < -0.3 is 5.11 Å². The maximum atomic E-state index is 14.0. The highest BCUT2D eigenvalue weighted by molar-refractivity contribution is 5.75. The Hall–Kier alpha value is -2.27. The molecule has 2 heterocycles. The number of piperidine rings is 1. The minimum absolute atomic E-state index is 0.221. The van der Waals surface area contributed by atoms with Crippen LogP contribution in [0, 0.1) is 11.2 Å². The van der Waals surface area contributed by atoms with Gasteiger partial charge in [-0.1, -0.05) is 24.3 Å². The Kier molecular flexibility index (Phi) is 4.90.